The van der Waals surface area contributed by atoms with Crippen LogP contribution in [-0.2, 0) is 13.0 Å². The summed E-state index contributed by atoms with van der Waals surface area (Å²) in [5, 5.41) is 0. The first-order valence-electron chi connectivity index (χ1n) is 9.28. The van der Waals surface area contributed by atoms with Crippen molar-refractivity contribution in [1.29, 1.82) is 0 Å². The highest BCUT2D eigenvalue weighted by atomic mass is 79.9. The van der Waals surface area contributed by atoms with Crippen molar-refractivity contribution >= 4 is 11.9 Å². The average Bonchev–Trinajstić information content (AvgIpc) is 2.73. The van der Waals surface area contributed by atoms with Crippen LogP contribution in [0.15, 0.2) is 72.6 Å². The van der Waals surface area contributed by atoms with Crippen molar-refractivity contribution in [2.45, 2.75) is 19.4 Å². The van der Waals surface area contributed by atoms with Gasteiger partial charge in [-0.2, -0.15) is 0 Å². The van der Waals surface area contributed by atoms with Crippen molar-refractivity contribution in [2.24, 2.45) is 0 Å². The Labute approximate surface area is 180 Å². The molecule has 2 aromatic carbocycles. The molecule has 3 aromatic rings. The molecule has 3 nitrogen and oxygen atoms in total. The number of pyridine rings is 1. The number of carbonyl (C=O) groups excluding carboxylic acids is 1. The lowest BCUT2D eigenvalue weighted by Crippen LogP contribution is -3.00. The number of aryl methyl sites for hydroxylation is 1. The number of ether oxygens (including phenoxy) is 1. The number of nitrogens with zero attached hydrogens (tertiary/aromatic N) is 1. The fourth-order valence-electron chi connectivity index (χ4n) is 3.49. The third-order valence-electron chi connectivity index (χ3n) is 5.05. The highest BCUT2D eigenvalue weighted by Gasteiger charge is 2.22. The first kappa shape index (κ1) is 20.9. The molecule has 148 valence electrons. The van der Waals surface area contributed by atoms with Gasteiger partial charge >= 0.3 is 0 Å². The summed E-state index contributed by atoms with van der Waals surface area (Å²) in [7, 11) is 1.63. The normalized spacial score (nSPS) is 14.3. The van der Waals surface area contributed by atoms with Gasteiger partial charge in [0.05, 0.1) is 7.11 Å². The molecule has 0 radical (unpaired) electrons. The maximum Gasteiger partial charge on any atom is 0.189 e. The topological polar surface area (TPSA) is 30.2 Å². The van der Waals surface area contributed by atoms with Crippen molar-refractivity contribution in [3.05, 3.63) is 101 Å². The van der Waals surface area contributed by atoms with Gasteiger partial charge in [0.2, 0.25) is 0 Å². The SMILES string of the molecule is COc1ccc2c(c1)CCC(=Cc1cc[n+](Cc3ccc(F)cc3)cc1)C2=O.[Br-]. The van der Waals surface area contributed by atoms with Gasteiger partial charge in [-0.3, -0.25) is 4.79 Å². The molecule has 5 heteroatoms. The van der Waals surface area contributed by atoms with Crippen molar-refractivity contribution in [1.82, 2.24) is 0 Å². The number of ketones is 1. The summed E-state index contributed by atoms with van der Waals surface area (Å²) < 4.78 is 20.3. The van der Waals surface area contributed by atoms with Crippen LogP contribution in [0.4, 0.5) is 4.39 Å². The second-order valence-electron chi connectivity index (χ2n) is 6.95. The van der Waals surface area contributed by atoms with Crippen LogP contribution in [0.5, 0.6) is 5.75 Å². The van der Waals surface area contributed by atoms with E-state index in [0.29, 0.717) is 6.54 Å². The molecule has 0 unspecified atom stereocenters. The Bertz CT molecular complexity index is 1040. The number of allylic oxidation sites excluding steroid dienone is 1. The molecule has 0 bridgehead atoms. The fraction of sp³-hybridized carbons (Fsp3) is 0.167. The number of methoxy groups -OCH3 is 1. The van der Waals surface area contributed by atoms with Gasteiger partial charge in [0.1, 0.15) is 11.6 Å². The quantitative estimate of drug-likeness (QED) is 0.441. The third kappa shape index (κ3) is 4.80. The van der Waals surface area contributed by atoms with Gasteiger partial charge in [0.25, 0.3) is 0 Å². The number of rotatable bonds is 4. The molecule has 0 aliphatic heterocycles. The number of halogens is 2. The van der Waals surface area contributed by atoms with Crippen LogP contribution < -0.4 is 26.3 Å². The zero-order valence-corrected chi connectivity index (χ0v) is 17.7. The van der Waals surface area contributed by atoms with Crippen LogP contribution in [0.2, 0.25) is 0 Å². The van der Waals surface area contributed by atoms with E-state index < -0.39 is 0 Å². The number of hydrogen-bond acceptors (Lipinski definition) is 2. The highest BCUT2D eigenvalue weighted by Crippen LogP contribution is 2.29. The Balaban J connectivity index is 0.00000240. The van der Waals surface area contributed by atoms with Crippen LogP contribution in [0.1, 0.15) is 33.5 Å². The zero-order valence-electron chi connectivity index (χ0n) is 16.1. The summed E-state index contributed by atoms with van der Waals surface area (Å²) in [6.45, 7) is 0.672. The standard InChI is InChI=1S/C24H21FNO2.BrH/c1-28-22-8-9-23-19(15-22)4-5-20(24(23)27)14-17-10-12-26(13-11-17)16-18-2-6-21(25)7-3-18;/h2-3,6-15H,4-5,16H2,1H3;1H/q+1;/p-1. The van der Waals surface area contributed by atoms with E-state index in [0.717, 1.165) is 46.4 Å². The van der Waals surface area contributed by atoms with Gasteiger partial charge in [-0.15, -0.1) is 0 Å². The molecule has 4 rings (SSSR count). The number of hydrogen-bond donors (Lipinski definition) is 0. The van der Waals surface area contributed by atoms with Crippen LogP contribution >= 0.6 is 0 Å². The van der Waals surface area contributed by atoms with Crippen molar-refractivity contribution in [2.75, 3.05) is 7.11 Å². The number of carbonyl (C=O) groups is 1. The lowest BCUT2D eigenvalue weighted by atomic mass is 9.86. The van der Waals surface area contributed by atoms with Gasteiger partial charge < -0.3 is 21.7 Å². The molecule has 1 aliphatic carbocycles. The Morgan fingerprint density at radius 3 is 2.45 bits per heavy atom. The number of Topliss-reactive ketones (excluding diaryl/α,β-unsaturated/α-hetero) is 1. The first-order chi connectivity index (χ1) is 13.6. The molecule has 0 saturated heterocycles. The maximum absolute atomic E-state index is 13.0. The summed E-state index contributed by atoms with van der Waals surface area (Å²) in [6.07, 6.45) is 7.48. The largest absolute Gasteiger partial charge is 1.00 e. The minimum absolute atomic E-state index is 0. The molecule has 1 aliphatic rings. The zero-order chi connectivity index (χ0) is 19.5. The molecule has 0 atom stereocenters. The lowest BCUT2D eigenvalue weighted by Gasteiger charge is -2.18. The summed E-state index contributed by atoms with van der Waals surface area (Å²) in [6, 6.07) is 16.1. The van der Waals surface area contributed by atoms with Gasteiger partial charge in [0.15, 0.2) is 24.7 Å². The first-order valence-corrected chi connectivity index (χ1v) is 9.28. The van der Waals surface area contributed by atoms with E-state index in [1.54, 1.807) is 19.2 Å². The maximum atomic E-state index is 13.0. The predicted octanol–water partition coefficient (Wildman–Crippen LogP) is 1.39. The lowest BCUT2D eigenvalue weighted by molar-refractivity contribution is -0.688. The second-order valence-corrected chi connectivity index (χ2v) is 6.95. The number of benzene rings is 2. The fourth-order valence-corrected chi connectivity index (χ4v) is 3.49. The molecule has 0 amide bonds. The van der Waals surface area contributed by atoms with Gasteiger partial charge in [-0.05, 0) is 72.5 Å². The van der Waals surface area contributed by atoms with E-state index in [2.05, 4.69) is 0 Å². The third-order valence-corrected chi connectivity index (χ3v) is 5.05. The van der Waals surface area contributed by atoms with Crippen LogP contribution in [0.3, 0.4) is 0 Å². The Morgan fingerprint density at radius 1 is 1.03 bits per heavy atom. The minimum Gasteiger partial charge on any atom is -1.00 e. The Hall–Kier alpha value is -2.79. The molecule has 29 heavy (non-hydrogen) atoms. The van der Waals surface area contributed by atoms with Crippen LogP contribution in [0.25, 0.3) is 6.08 Å². The minimum atomic E-state index is -0.229. The summed E-state index contributed by atoms with van der Waals surface area (Å²) in [5.74, 6) is 0.646. The highest BCUT2D eigenvalue weighted by molar-refractivity contribution is 6.13. The Morgan fingerprint density at radius 2 is 1.76 bits per heavy atom. The second kappa shape index (κ2) is 9.14. The summed E-state index contributed by atoms with van der Waals surface area (Å²) >= 11 is 0. The van der Waals surface area contributed by atoms with E-state index in [9.17, 15) is 9.18 Å². The predicted molar refractivity (Wildman–Crippen MR) is 106 cm³/mol. The van der Waals surface area contributed by atoms with Crippen molar-refractivity contribution in [3.8, 4) is 5.75 Å². The van der Waals surface area contributed by atoms with Crippen LogP contribution in [-0.4, -0.2) is 12.9 Å². The number of aromatic nitrogens is 1. The van der Waals surface area contributed by atoms with Crippen LogP contribution in [0, 0.1) is 5.82 Å². The molecule has 0 saturated carbocycles. The summed E-state index contributed by atoms with van der Waals surface area (Å²) in [4.78, 5) is 12.8. The van der Waals surface area contributed by atoms with E-state index in [1.807, 2.05) is 53.4 Å². The molecular weight excluding hydrogens is 433 g/mol. The molecule has 0 N–H and O–H groups in total. The van der Waals surface area contributed by atoms with Gasteiger partial charge in [0, 0.05) is 28.8 Å². The van der Waals surface area contributed by atoms with E-state index in [-0.39, 0.29) is 28.6 Å². The van der Waals surface area contributed by atoms with Crippen molar-refractivity contribution < 1.29 is 35.5 Å². The van der Waals surface area contributed by atoms with E-state index in [4.69, 9.17) is 4.74 Å². The van der Waals surface area contributed by atoms with Crippen molar-refractivity contribution in [3.63, 3.8) is 0 Å². The van der Waals surface area contributed by atoms with E-state index in [1.165, 1.54) is 12.1 Å². The molecule has 1 heterocycles. The van der Waals surface area contributed by atoms with Gasteiger partial charge in [-0.25, -0.2) is 8.96 Å². The number of fused-ring (bicyclic) bond motifs is 1. The average molecular weight is 454 g/mol. The van der Waals surface area contributed by atoms with E-state index >= 15 is 0 Å². The molecule has 0 spiro atoms. The summed E-state index contributed by atoms with van der Waals surface area (Å²) in [5.41, 5.74) is 4.67. The molecule has 0 fully saturated rings. The molecular formula is C24H21BrFNO2. The van der Waals surface area contributed by atoms with Gasteiger partial charge in [-0.1, -0.05) is 0 Å². The Kier molecular flexibility index (Phi) is 6.60. The monoisotopic (exact) mass is 453 g/mol. The molecule has 1 aromatic heterocycles. The smallest absolute Gasteiger partial charge is 0.189 e.